The number of sulfonamides is 1. The van der Waals surface area contributed by atoms with E-state index in [1.165, 1.54) is 16.1 Å². The highest BCUT2D eigenvalue weighted by Crippen LogP contribution is 2.28. The molecule has 0 spiro atoms. The average molecular weight is 517 g/mol. The fourth-order valence-electron chi connectivity index (χ4n) is 4.24. The Balaban J connectivity index is 1.82. The summed E-state index contributed by atoms with van der Waals surface area (Å²) in [5.74, 6) is 0.162. The van der Waals surface area contributed by atoms with Gasteiger partial charge in [0.25, 0.3) is 0 Å². The summed E-state index contributed by atoms with van der Waals surface area (Å²) in [6, 6.07) is 4.67. The molecule has 0 bridgehead atoms. The number of hydrogen-bond acceptors (Lipinski definition) is 7. The second kappa shape index (κ2) is 10.3. The Morgan fingerprint density at radius 3 is 2.42 bits per heavy atom. The van der Waals surface area contributed by atoms with E-state index in [1.807, 2.05) is 18.4 Å². The van der Waals surface area contributed by atoms with Crippen LogP contribution in [0.15, 0.2) is 28.3 Å². The van der Waals surface area contributed by atoms with Crippen LogP contribution in [0.3, 0.4) is 0 Å². The van der Waals surface area contributed by atoms with Gasteiger partial charge in [0.15, 0.2) is 15.0 Å². The van der Waals surface area contributed by atoms with E-state index >= 15 is 0 Å². The van der Waals surface area contributed by atoms with Crippen molar-refractivity contribution in [2.75, 3.05) is 36.9 Å². The van der Waals surface area contributed by atoms with Gasteiger partial charge in [-0.25, -0.2) is 21.8 Å². The van der Waals surface area contributed by atoms with Crippen LogP contribution < -0.4 is 0 Å². The Bertz CT molecular complexity index is 1220. The van der Waals surface area contributed by atoms with Crippen LogP contribution in [0.25, 0.3) is 11.0 Å². The van der Waals surface area contributed by atoms with Crippen LogP contribution in [0.4, 0.5) is 0 Å². The Morgan fingerprint density at radius 1 is 1.18 bits per heavy atom. The molecule has 1 aromatic heterocycles. The third-order valence-corrected chi connectivity index (χ3v) is 10.7. The topological polar surface area (TPSA) is 110 Å². The number of rotatable bonds is 10. The summed E-state index contributed by atoms with van der Waals surface area (Å²) in [5, 5.41) is 0.633. The van der Waals surface area contributed by atoms with Gasteiger partial charge in [0.1, 0.15) is 0 Å². The highest BCUT2D eigenvalue weighted by atomic mass is 32.2. The molecule has 1 aromatic carbocycles. The van der Waals surface area contributed by atoms with Gasteiger partial charge in [0.2, 0.25) is 15.9 Å². The summed E-state index contributed by atoms with van der Waals surface area (Å²) in [7, 11) is -6.67. The van der Waals surface area contributed by atoms with Gasteiger partial charge in [0, 0.05) is 32.2 Å². The lowest BCUT2D eigenvalue weighted by Gasteiger charge is -2.26. The molecule has 33 heavy (non-hydrogen) atoms. The summed E-state index contributed by atoms with van der Waals surface area (Å²) >= 11 is 1.29. The van der Waals surface area contributed by atoms with E-state index in [2.05, 4.69) is 4.98 Å². The van der Waals surface area contributed by atoms with Crippen LogP contribution in [0.2, 0.25) is 0 Å². The Hall–Kier alpha value is -1.63. The fraction of sp³-hybridized carbons (Fsp3) is 0.619. The predicted molar refractivity (Wildman–Crippen MR) is 131 cm³/mol. The van der Waals surface area contributed by atoms with Crippen molar-refractivity contribution in [2.45, 2.75) is 56.8 Å². The average Bonchev–Trinajstić information content (AvgIpc) is 3.31. The molecule has 12 heteroatoms. The molecule has 1 atom stereocenters. The summed E-state index contributed by atoms with van der Waals surface area (Å²) in [5.41, 5.74) is 1.37. The lowest BCUT2D eigenvalue weighted by Crippen LogP contribution is -2.42. The number of nitrogens with zero attached hydrogens (tertiary/aromatic N) is 4. The van der Waals surface area contributed by atoms with Gasteiger partial charge >= 0.3 is 0 Å². The van der Waals surface area contributed by atoms with Crippen molar-refractivity contribution in [1.82, 2.24) is 18.8 Å². The number of fused-ring (bicyclic) bond motifs is 1. The standard InChI is InChI=1S/C21H32N4O5S3/c1-5-23(6-2)33(29,30)17-9-10-19-18(13-17)22-21(25(19)8-4)31-14-20(26)24(7-3)16-11-12-32(27,28)15-16/h9-10,13,16H,5-8,11-12,14-15H2,1-4H3/t16-/m0/s1. The molecule has 1 aliphatic rings. The first-order chi connectivity index (χ1) is 15.6. The molecule has 0 unspecified atom stereocenters. The third kappa shape index (κ3) is 5.39. The molecule has 0 aliphatic carbocycles. The molecule has 9 nitrogen and oxygen atoms in total. The molecule has 0 radical (unpaired) electrons. The van der Waals surface area contributed by atoms with Gasteiger partial charge in [-0.3, -0.25) is 4.79 Å². The highest BCUT2D eigenvalue weighted by molar-refractivity contribution is 7.99. The number of benzene rings is 1. The molecular formula is C21H32N4O5S3. The quantitative estimate of drug-likeness (QED) is 0.445. The number of aromatic nitrogens is 2. The number of imidazole rings is 1. The fourth-order valence-corrected chi connectivity index (χ4v) is 8.42. The van der Waals surface area contributed by atoms with Crippen molar-refractivity contribution in [3.05, 3.63) is 18.2 Å². The number of aryl methyl sites for hydroxylation is 1. The smallest absolute Gasteiger partial charge is 0.243 e. The van der Waals surface area contributed by atoms with E-state index in [4.69, 9.17) is 0 Å². The number of sulfone groups is 1. The number of carbonyl (C=O) groups is 1. The van der Waals surface area contributed by atoms with Crippen LogP contribution in [-0.4, -0.2) is 84.4 Å². The zero-order chi connectivity index (χ0) is 24.4. The van der Waals surface area contributed by atoms with Crippen LogP contribution >= 0.6 is 11.8 Å². The summed E-state index contributed by atoms with van der Waals surface area (Å²) in [6.07, 6.45) is 0.476. The van der Waals surface area contributed by atoms with E-state index < -0.39 is 19.9 Å². The van der Waals surface area contributed by atoms with Crippen molar-refractivity contribution in [2.24, 2.45) is 0 Å². The first-order valence-corrected chi connectivity index (χ1v) is 15.5. The van der Waals surface area contributed by atoms with Crippen molar-refractivity contribution in [1.29, 1.82) is 0 Å². The van der Waals surface area contributed by atoms with Crippen LogP contribution in [0, 0.1) is 0 Å². The molecule has 1 fully saturated rings. The zero-order valence-corrected chi connectivity index (χ0v) is 22.0. The zero-order valence-electron chi connectivity index (χ0n) is 19.5. The molecular weight excluding hydrogens is 484 g/mol. The van der Waals surface area contributed by atoms with Crippen molar-refractivity contribution < 1.29 is 21.6 Å². The summed E-state index contributed by atoms with van der Waals surface area (Å²) < 4.78 is 52.8. The molecule has 1 aliphatic heterocycles. The van der Waals surface area contributed by atoms with E-state index in [-0.39, 0.29) is 34.1 Å². The lowest BCUT2D eigenvalue weighted by molar-refractivity contribution is -0.129. The number of amides is 1. The Morgan fingerprint density at radius 2 is 1.88 bits per heavy atom. The van der Waals surface area contributed by atoms with Crippen LogP contribution in [0.5, 0.6) is 0 Å². The highest BCUT2D eigenvalue weighted by Gasteiger charge is 2.34. The molecule has 0 N–H and O–H groups in total. The first kappa shape index (κ1) is 26.0. The van der Waals surface area contributed by atoms with Gasteiger partial charge in [0.05, 0.1) is 33.2 Å². The molecule has 184 valence electrons. The second-order valence-corrected chi connectivity index (χ2v) is 13.0. The SMILES string of the molecule is CCN(C(=O)CSc1nc2cc(S(=O)(=O)N(CC)CC)ccc2n1CC)[C@H]1CCS(=O)(=O)C1. The molecule has 1 amide bonds. The molecule has 3 rings (SSSR count). The van der Waals surface area contributed by atoms with Gasteiger partial charge in [-0.2, -0.15) is 4.31 Å². The molecule has 2 aromatic rings. The molecule has 1 saturated heterocycles. The van der Waals surface area contributed by atoms with Crippen molar-refractivity contribution in [3.8, 4) is 0 Å². The maximum Gasteiger partial charge on any atom is 0.243 e. The third-order valence-electron chi connectivity index (χ3n) is 5.98. The first-order valence-electron chi connectivity index (χ1n) is 11.2. The number of thioether (sulfide) groups is 1. The minimum atomic E-state index is -3.59. The number of carbonyl (C=O) groups excluding carboxylic acids is 1. The van der Waals surface area contributed by atoms with Crippen molar-refractivity contribution in [3.63, 3.8) is 0 Å². The summed E-state index contributed by atoms with van der Waals surface area (Å²) in [6.45, 7) is 9.28. The predicted octanol–water partition coefficient (Wildman–Crippen LogP) is 2.21. The Labute approximate surface area is 200 Å². The largest absolute Gasteiger partial charge is 0.338 e. The van der Waals surface area contributed by atoms with Crippen LogP contribution in [-0.2, 0) is 31.2 Å². The van der Waals surface area contributed by atoms with Crippen molar-refractivity contribution >= 4 is 48.6 Å². The monoisotopic (exact) mass is 516 g/mol. The minimum Gasteiger partial charge on any atom is -0.338 e. The molecule has 2 heterocycles. The second-order valence-electron chi connectivity index (χ2n) is 7.90. The van der Waals surface area contributed by atoms with Gasteiger partial charge in [-0.15, -0.1) is 0 Å². The maximum absolute atomic E-state index is 12.9. The van der Waals surface area contributed by atoms with E-state index in [0.717, 1.165) is 5.52 Å². The number of hydrogen-bond donors (Lipinski definition) is 0. The van der Waals surface area contributed by atoms with E-state index in [9.17, 15) is 21.6 Å². The van der Waals surface area contributed by atoms with E-state index in [1.54, 1.807) is 36.9 Å². The Kier molecular flexibility index (Phi) is 8.13. The lowest BCUT2D eigenvalue weighted by atomic mass is 10.2. The minimum absolute atomic E-state index is 0.0223. The van der Waals surface area contributed by atoms with Gasteiger partial charge in [-0.1, -0.05) is 25.6 Å². The summed E-state index contributed by atoms with van der Waals surface area (Å²) in [4.78, 5) is 19.3. The van der Waals surface area contributed by atoms with Gasteiger partial charge in [-0.05, 0) is 38.5 Å². The maximum atomic E-state index is 12.9. The molecule has 0 saturated carbocycles. The van der Waals surface area contributed by atoms with E-state index in [0.29, 0.717) is 43.3 Å². The van der Waals surface area contributed by atoms with Crippen LogP contribution in [0.1, 0.15) is 34.1 Å². The normalized spacial score (nSPS) is 18.3. The van der Waals surface area contributed by atoms with Gasteiger partial charge < -0.3 is 9.47 Å².